The van der Waals surface area contributed by atoms with E-state index in [4.69, 9.17) is 22.1 Å². The van der Waals surface area contributed by atoms with Gasteiger partial charge in [-0.25, -0.2) is 8.42 Å². The highest BCUT2D eigenvalue weighted by Crippen LogP contribution is 2.33. The smallest absolute Gasteiger partial charge is 0.182 e. The first kappa shape index (κ1) is 14.6. The van der Waals surface area contributed by atoms with Crippen LogP contribution in [0, 0.1) is 0 Å². The Labute approximate surface area is 118 Å². The predicted molar refractivity (Wildman–Crippen MR) is 76.1 cm³/mol. The van der Waals surface area contributed by atoms with Gasteiger partial charge >= 0.3 is 0 Å². The molecule has 0 amide bonds. The number of hydrogen-bond acceptors (Lipinski definition) is 4. The van der Waals surface area contributed by atoms with Gasteiger partial charge in [-0.05, 0) is 43.9 Å². The van der Waals surface area contributed by atoms with Crippen LogP contribution in [0.5, 0.6) is 0 Å². The molecule has 2 N–H and O–H groups in total. The molecule has 1 aromatic rings. The van der Waals surface area contributed by atoms with Crippen LogP contribution in [0.1, 0.15) is 25.7 Å². The Morgan fingerprint density at radius 1 is 1.37 bits per heavy atom. The van der Waals surface area contributed by atoms with Gasteiger partial charge in [0.2, 0.25) is 0 Å². The van der Waals surface area contributed by atoms with Crippen molar-refractivity contribution in [2.75, 3.05) is 12.8 Å². The van der Waals surface area contributed by atoms with Crippen molar-refractivity contribution in [3.8, 4) is 0 Å². The van der Waals surface area contributed by atoms with E-state index >= 15 is 0 Å². The first-order valence-electron chi connectivity index (χ1n) is 6.27. The van der Waals surface area contributed by atoms with E-state index in [2.05, 4.69) is 0 Å². The Hall–Kier alpha value is -0.780. The zero-order valence-corrected chi connectivity index (χ0v) is 12.4. The zero-order chi connectivity index (χ0) is 14.0. The molecule has 0 radical (unpaired) electrons. The summed E-state index contributed by atoms with van der Waals surface area (Å²) in [6, 6.07) is 4.53. The lowest BCUT2D eigenvalue weighted by atomic mass is 9.97. The molecule has 2 rings (SSSR count). The quantitative estimate of drug-likeness (QED) is 0.872. The molecule has 19 heavy (non-hydrogen) atoms. The maximum atomic E-state index is 12.6. The summed E-state index contributed by atoms with van der Waals surface area (Å²) >= 11 is 6.01. The maximum absolute atomic E-state index is 12.6. The van der Waals surface area contributed by atoms with E-state index in [1.807, 2.05) is 0 Å². The lowest BCUT2D eigenvalue weighted by molar-refractivity contribution is 0.0720. The van der Waals surface area contributed by atoms with Crippen molar-refractivity contribution in [1.29, 1.82) is 0 Å². The Bertz CT molecular complexity index is 559. The van der Waals surface area contributed by atoms with Gasteiger partial charge in [-0.15, -0.1) is 0 Å². The topological polar surface area (TPSA) is 69.4 Å². The van der Waals surface area contributed by atoms with Gasteiger partial charge in [0.05, 0.1) is 21.3 Å². The molecule has 0 aliphatic heterocycles. The number of rotatable bonds is 3. The SMILES string of the molecule is COC1CCCC(S(=O)(=O)c2ccc(N)cc2Cl)C1. The molecule has 1 aliphatic rings. The summed E-state index contributed by atoms with van der Waals surface area (Å²) in [4.78, 5) is 0.171. The highest BCUT2D eigenvalue weighted by atomic mass is 35.5. The lowest BCUT2D eigenvalue weighted by Crippen LogP contribution is -2.31. The number of sulfone groups is 1. The molecule has 0 bridgehead atoms. The third-order valence-corrected chi connectivity index (χ3v) is 6.31. The molecular formula is C13H18ClNO3S. The molecular weight excluding hydrogens is 286 g/mol. The van der Waals surface area contributed by atoms with Crippen molar-refractivity contribution in [2.45, 2.75) is 41.9 Å². The Kier molecular flexibility index (Phi) is 4.38. The van der Waals surface area contributed by atoms with Crippen LogP contribution in [0.25, 0.3) is 0 Å². The average Bonchev–Trinajstić information content (AvgIpc) is 2.38. The highest BCUT2D eigenvalue weighted by Gasteiger charge is 2.34. The summed E-state index contributed by atoms with van der Waals surface area (Å²) in [7, 11) is -1.80. The molecule has 1 saturated carbocycles. The number of anilines is 1. The first-order valence-corrected chi connectivity index (χ1v) is 8.19. The molecule has 0 heterocycles. The summed E-state index contributed by atoms with van der Waals surface area (Å²) in [6.07, 6.45) is 2.97. The minimum absolute atomic E-state index is 0.0149. The molecule has 0 saturated heterocycles. The van der Waals surface area contributed by atoms with Gasteiger partial charge in [-0.3, -0.25) is 0 Å². The van der Waals surface area contributed by atoms with Crippen LogP contribution in [0.4, 0.5) is 5.69 Å². The molecule has 0 aromatic heterocycles. The highest BCUT2D eigenvalue weighted by molar-refractivity contribution is 7.92. The Morgan fingerprint density at radius 3 is 2.74 bits per heavy atom. The number of nitrogens with two attached hydrogens (primary N) is 1. The molecule has 4 nitrogen and oxygen atoms in total. The van der Waals surface area contributed by atoms with Crippen molar-refractivity contribution >= 4 is 27.1 Å². The summed E-state index contributed by atoms with van der Waals surface area (Å²) in [5.74, 6) is 0. The van der Waals surface area contributed by atoms with Crippen molar-refractivity contribution in [3.05, 3.63) is 23.2 Å². The molecule has 106 valence electrons. The molecule has 1 aromatic carbocycles. The largest absolute Gasteiger partial charge is 0.399 e. The summed E-state index contributed by atoms with van der Waals surface area (Å²) in [6.45, 7) is 0. The maximum Gasteiger partial charge on any atom is 0.182 e. The Morgan fingerprint density at radius 2 is 2.11 bits per heavy atom. The van der Waals surface area contributed by atoms with Crippen molar-refractivity contribution in [1.82, 2.24) is 0 Å². The third-order valence-electron chi connectivity index (χ3n) is 3.61. The minimum atomic E-state index is -3.42. The lowest BCUT2D eigenvalue weighted by Gasteiger charge is -2.28. The van der Waals surface area contributed by atoms with Crippen molar-refractivity contribution in [2.24, 2.45) is 0 Å². The van der Waals surface area contributed by atoms with Crippen LogP contribution in [-0.2, 0) is 14.6 Å². The molecule has 1 aliphatic carbocycles. The normalized spacial score (nSPS) is 24.3. The van der Waals surface area contributed by atoms with E-state index in [-0.39, 0.29) is 16.0 Å². The van der Waals surface area contributed by atoms with E-state index in [0.29, 0.717) is 18.5 Å². The van der Waals surface area contributed by atoms with Crippen molar-refractivity contribution in [3.63, 3.8) is 0 Å². The van der Waals surface area contributed by atoms with E-state index < -0.39 is 15.1 Å². The van der Waals surface area contributed by atoms with Gasteiger partial charge in [-0.2, -0.15) is 0 Å². The minimum Gasteiger partial charge on any atom is -0.399 e. The second-order valence-electron chi connectivity index (χ2n) is 4.88. The number of ether oxygens (including phenoxy) is 1. The van der Waals surface area contributed by atoms with E-state index in [1.54, 1.807) is 13.2 Å². The molecule has 0 spiro atoms. The van der Waals surface area contributed by atoms with Crippen LogP contribution in [0.15, 0.2) is 23.1 Å². The summed E-state index contributed by atoms with van der Waals surface area (Å²) in [5.41, 5.74) is 6.05. The van der Waals surface area contributed by atoms with Gasteiger partial charge in [0.15, 0.2) is 9.84 Å². The summed E-state index contributed by atoms with van der Waals surface area (Å²) in [5, 5.41) is -0.230. The van der Waals surface area contributed by atoms with Crippen LogP contribution >= 0.6 is 11.6 Å². The van der Waals surface area contributed by atoms with Gasteiger partial charge in [0, 0.05) is 12.8 Å². The number of halogens is 1. The van der Waals surface area contributed by atoms with Crippen LogP contribution in [0.2, 0.25) is 5.02 Å². The van der Waals surface area contributed by atoms with Crippen LogP contribution in [-0.4, -0.2) is 26.9 Å². The fraction of sp³-hybridized carbons (Fsp3) is 0.538. The zero-order valence-electron chi connectivity index (χ0n) is 10.8. The monoisotopic (exact) mass is 303 g/mol. The third kappa shape index (κ3) is 3.04. The van der Waals surface area contributed by atoms with E-state index in [0.717, 1.165) is 12.8 Å². The Balaban J connectivity index is 2.31. The van der Waals surface area contributed by atoms with E-state index in [9.17, 15) is 8.42 Å². The number of methoxy groups -OCH3 is 1. The first-order chi connectivity index (χ1) is 8.95. The average molecular weight is 304 g/mol. The van der Waals surface area contributed by atoms with Gasteiger partial charge in [0.1, 0.15) is 0 Å². The second kappa shape index (κ2) is 5.69. The van der Waals surface area contributed by atoms with E-state index in [1.165, 1.54) is 12.1 Å². The number of hydrogen-bond donors (Lipinski definition) is 1. The predicted octanol–water partition coefficient (Wildman–Crippen LogP) is 2.65. The fourth-order valence-corrected chi connectivity index (χ4v) is 4.93. The van der Waals surface area contributed by atoms with Gasteiger partial charge in [-0.1, -0.05) is 11.6 Å². The molecule has 1 fully saturated rings. The van der Waals surface area contributed by atoms with Crippen LogP contribution in [0.3, 0.4) is 0 Å². The fourth-order valence-electron chi connectivity index (χ4n) is 2.53. The number of nitrogen functional groups attached to an aromatic ring is 1. The van der Waals surface area contributed by atoms with Crippen LogP contribution < -0.4 is 5.73 Å². The molecule has 2 atom stereocenters. The van der Waals surface area contributed by atoms with Gasteiger partial charge < -0.3 is 10.5 Å². The molecule has 2 unspecified atom stereocenters. The van der Waals surface area contributed by atoms with Crippen molar-refractivity contribution < 1.29 is 13.2 Å². The number of benzene rings is 1. The standard InChI is InChI=1S/C13H18ClNO3S/c1-18-10-3-2-4-11(8-10)19(16,17)13-6-5-9(15)7-12(13)14/h5-7,10-11H,2-4,8,15H2,1H3. The summed E-state index contributed by atoms with van der Waals surface area (Å²) < 4.78 is 30.5. The second-order valence-corrected chi connectivity index (χ2v) is 7.48. The van der Waals surface area contributed by atoms with Gasteiger partial charge in [0.25, 0.3) is 0 Å². The molecule has 6 heteroatoms.